The summed E-state index contributed by atoms with van der Waals surface area (Å²) in [6.07, 6.45) is 1.90. The molecule has 37 heavy (non-hydrogen) atoms. The van der Waals surface area contributed by atoms with Crippen LogP contribution in [0.3, 0.4) is 0 Å². The van der Waals surface area contributed by atoms with Crippen molar-refractivity contribution in [1.82, 2.24) is 10.3 Å². The molecule has 0 saturated carbocycles. The van der Waals surface area contributed by atoms with Crippen LogP contribution in [0.15, 0.2) is 11.0 Å². The number of nitrogens with one attached hydrogen (secondary N) is 1. The van der Waals surface area contributed by atoms with Crippen LogP contribution < -0.4 is 5.32 Å². The van der Waals surface area contributed by atoms with Gasteiger partial charge < -0.3 is 20.3 Å². The maximum atomic E-state index is 13.3. The molecule has 3 rings (SSSR count). The molecule has 2 aliphatic rings. The van der Waals surface area contributed by atoms with Gasteiger partial charge >= 0.3 is 5.97 Å². The van der Waals surface area contributed by atoms with E-state index in [9.17, 15) is 24.6 Å². The zero-order chi connectivity index (χ0) is 27.5. The van der Waals surface area contributed by atoms with Crippen LogP contribution in [0.1, 0.15) is 83.8 Å². The van der Waals surface area contributed by atoms with Crippen molar-refractivity contribution in [1.29, 1.82) is 0 Å². The van der Waals surface area contributed by atoms with Gasteiger partial charge in [0.15, 0.2) is 0 Å². The molecule has 2 unspecified atom stereocenters. The number of nitrogens with zero attached hydrogens (tertiary/aromatic N) is 1. The highest BCUT2D eigenvalue weighted by Crippen LogP contribution is 2.34. The van der Waals surface area contributed by atoms with Gasteiger partial charge in [-0.15, -0.1) is 11.3 Å². The zero-order valence-electron chi connectivity index (χ0n) is 22.8. The zero-order valence-corrected chi connectivity index (χ0v) is 23.6. The fourth-order valence-corrected chi connectivity index (χ4v) is 6.11. The smallest absolute Gasteiger partial charge is 0.309 e. The Hall–Kier alpha value is -2.10. The average molecular weight is 535 g/mol. The summed E-state index contributed by atoms with van der Waals surface area (Å²) in [6.45, 7) is 10.6. The summed E-state index contributed by atoms with van der Waals surface area (Å²) in [5.74, 6) is -1.74. The highest BCUT2D eigenvalue weighted by atomic mass is 32.1. The third-order valence-electron chi connectivity index (χ3n) is 8.19. The lowest BCUT2D eigenvalue weighted by atomic mass is 9.73. The van der Waals surface area contributed by atoms with Crippen LogP contribution in [-0.2, 0) is 19.1 Å². The van der Waals surface area contributed by atoms with Gasteiger partial charge in [0.25, 0.3) is 0 Å². The Morgan fingerprint density at radius 1 is 1.19 bits per heavy atom. The molecule has 0 aliphatic carbocycles. The molecule has 0 aromatic carbocycles. The maximum absolute atomic E-state index is 13.3. The highest BCUT2D eigenvalue weighted by molar-refractivity contribution is 7.09. The number of esters is 1. The Labute approximate surface area is 223 Å². The van der Waals surface area contributed by atoms with Gasteiger partial charge in [0, 0.05) is 23.8 Å². The number of amides is 1. The third kappa shape index (κ3) is 7.27. The number of aliphatic hydroxyl groups excluding tert-OH is 2. The lowest BCUT2D eigenvalue weighted by molar-refractivity contribution is -0.154. The van der Waals surface area contributed by atoms with Gasteiger partial charge in [0.05, 0.1) is 34.7 Å². The monoisotopic (exact) mass is 534 g/mol. The fourth-order valence-electron chi connectivity index (χ4n) is 5.54. The van der Waals surface area contributed by atoms with E-state index in [0.717, 1.165) is 29.1 Å². The second-order valence-electron chi connectivity index (χ2n) is 11.5. The van der Waals surface area contributed by atoms with E-state index in [-0.39, 0.29) is 36.0 Å². The Morgan fingerprint density at radius 2 is 1.89 bits per heavy atom. The standard InChI is InChI=1S/C28H42N2O6S/c1-15-8-7-9-21-19(12-24(32)30-21)11-22(16(2)10-20-14-37-18(4)29-20)36-25(33)13-23(31)28(5,6)27(35)17(3)26(15)34/h10,14-15,17,19,21-23,26,31,34H,7-9,11-13H2,1-6H3,(H,30,32)/b16-10+/t15-,17+,19?,21?,22-,23-,26-/m0/s1. The van der Waals surface area contributed by atoms with E-state index in [1.165, 1.54) is 11.3 Å². The van der Waals surface area contributed by atoms with Gasteiger partial charge in [-0.25, -0.2) is 4.98 Å². The SMILES string of the molecule is C/C(=C\c1csc(C)n1)[C@@H]1CC2CC(=O)NC2CCC[C@H](C)[C@H](O)[C@@H](C)C(=O)C(C)(C)[C@@H](O)CC(=O)O1. The molecule has 2 saturated heterocycles. The van der Waals surface area contributed by atoms with E-state index in [1.807, 2.05) is 32.2 Å². The van der Waals surface area contributed by atoms with E-state index in [0.29, 0.717) is 19.3 Å². The normalized spacial score (nSPS) is 34.5. The largest absolute Gasteiger partial charge is 0.458 e. The number of aliphatic hydroxyl groups is 2. The molecule has 3 N–H and O–H groups in total. The molecule has 3 heterocycles. The molecule has 1 aromatic heterocycles. The summed E-state index contributed by atoms with van der Waals surface area (Å²) in [6, 6.07) is -0.0520. The van der Waals surface area contributed by atoms with Crippen LogP contribution in [0, 0.1) is 30.1 Å². The second kappa shape index (κ2) is 12.2. The summed E-state index contributed by atoms with van der Waals surface area (Å²) in [7, 11) is 0. The number of carbonyl (C=O) groups excluding carboxylic acids is 3. The second-order valence-corrected chi connectivity index (χ2v) is 12.6. The predicted molar refractivity (Wildman–Crippen MR) is 143 cm³/mol. The first-order valence-corrected chi connectivity index (χ1v) is 14.2. The highest BCUT2D eigenvalue weighted by Gasteiger charge is 2.43. The lowest BCUT2D eigenvalue weighted by Gasteiger charge is -2.35. The lowest BCUT2D eigenvalue weighted by Crippen LogP contribution is -2.46. The van der Waals surface area contributed by atoms with Gasteiger partial charge in [-0.1, -0.05) is 34.1 Å². The summed E-state index contributed by atoms with van der Waals surface area (Å²) in [5, 5.41) is 27.7. The van der Waals surface area contributed by atoms with E-state index >= 15 is 0 Å². The Morgan fingerprint density at radius 3 is 2.54 bits per heavy atom. The Kier molecular flexibility index (Phi) is 9.69. The number of cyclic esters (lactones) is 1. The van der Waals surface area contributed by atoms with E-state index < -0.39 is 35.6 Å². The van der Waals surface area contributed by atoms with Crippen molar-refractivity contribution in [2.75, 3.05) is 0 Å². The quantitative estimate of drug-likeness (QED) is 0.493. The summed E-state index contributed by atoms with van der Waals surface area (Å²) in [5.41, 5.74) is 0.364. The fraction of sp³-hybridized carbons (Fsp3) is 0.714. The van der Waals surface area contributed by atoms with Crippen LogP contribution in [0.5, 0.6) is 0 Å². The molecule has 1 amide bonds. The summed E-state index contributed by atoms with van der Waals surface area (Å²) < 4.78 is 5.91. The Balaban J connectivity index is 1.91. The number of hydrogen-bond acceptors (Lipinski definition) is 8. The van der Waals surface area contributed by atoms with E-state index in [4.69, 9.17) is 4.74 Å². The molecule has 0 radical (unpaired) electrons. The van der Waals surface area contributed by atoms with Crippen molar-refractivity contribution in [2.24, 2.45) is 23.2 Å². The van der Waals surface area contributed by atoms with Crippen LogP contribution in [0.4, 0.5) is 0 Å². The van der Waals surface area contributed by atoms with Crippen molar-refractivity contribution in [3.63, 3.8) is 0 Å². The number of hydrogen-bond donors (Lipinski definition) is 3. The molecule has 2 aliphatic heterocycles. The number of aryl methyl sites for hydroxylation is 1. The summed E-state index contributed by atoms with van der Waals surface area (Å²) >= 11 is 1.54. The van der Waals surface area contributed by atoms with Gasteiger partial charge in [-0.2, -0.15) is 0 Å². The minimum absolute atomic E-state index is 0.0131. The van der Waals surface area contributed by atoms with E-state index in [1.54, 1.807) is 20.8 Å². The van der Waals surface area contributed by atoms with Crippen LogP contribution in [0.25, 0.3) is 6.08 Å². The number of carbonyl (C=O) groups is 3. The predicted octanol–water partition coefficient (Wildman–Crippen LogP) is 3.82. The minimum atomic E-state index is -1.26. The molecular weight excluding hydrogens is 492 g/mol. The molecule has 7 atom stereocenters. The number of rotatable bonds is 2. The molecule has 8 nitrogen and oxygen atoms in total. The Bertz CT molecular complexity index is 1020. The number of ketones is 1. The average Bonchev–Trinajstić information content (AvgIpc) is 3.40. The first kappa shape index (κ1) is 29.5. The molecule has 2 fully saturated rings. The number of aromatic nitrogens is 1. The molecule has 0 bridgehead atoms. The van der Waals surface area contributed by atoms with Gasteiger partial charge in [0.1, 0.15) is 11.9 Å². The van der Waals surface area contributed by atoms with Crippen LogP contribution >= 0.6 is 11.3 Å². The first-order valence-electron chi connectivity index (χ1n) is 13.3. The molecule has 1 aromatic rings. The van der Waals surface area contributed by atoms with Crippen molar-refractivity contribution in [2.45, 2.75) is 104 Å². The minimum Gasteiger partial charge on any atom is -0.458 e. The molecular formula is C28H42N2O6S. The summed E-state index contributed by atoms with van der Waals surface area (Å²) in [4.78, 5) is 43.1. The van der Waals surface area contributed by atoms with Crippen LogP contribution in [0.2, 0.25) is 0 Å². The van der Waals surface area contributed by atoms with Gasteiger partial charge in [0.2, 0.25) is 5.91 Å². The van der Waals surface area contributed by atoms with Crippen molar-refractivity contribution >= 4 is 35.1 Å². The van der Waals surface area contributed by atoms with E-state index in [2.05, 4.69) is 10.3 Å². The van der Waals surface area contributed by atoms with Crippen LogP contribution in [-0.4, -0.2) is 57.2 Å². The van der Waals surface area contributed by atoms with Crippen molar-refractivity contribution in [3.8, 4) is 0 Å². The molecule has 206 valence electrons. The van der Waals surface area contributed by atoms with Gasteiger partial charge in [-0.05, 0) is 56.6 Å². The third-order valence-corrected chi connectivity index (χ3v) is 8.98. The maximum Gasteiger partial charge on any atom is 0.309 e. The van der Waals surface area contributed by atoms with Crippen molar-refractivity contribution < 1.29 is 29.3 Å². The number of Topliss-reactive ketones (excluding diaryl/α,β-unsaturated/α-hetero) is 1. The molecule has 9 heteroatoms. The topological polar surface area (TPSA) is 126 Å². The van der Waals surface area contributed by atoms with Gasteiger partial charge in [-0.3, -0.25) is 14.4 Å². The molecule has 0 spiro atoms. The first-order chi connectivity index (χ1) is 17.3. The number of ether oxygens (including phenoxy) is 1. The number of thiazole rings is 1. The van der Waals surface area contributed by atoms with Crippen molar-refractivity contribution in [3.05, 3.63) is 21.7 Å². The number of fused-ring (bicyclic) bond motifs is 1.